The molecule has 4 N–H and O–H groups in total. The molecular formula is C14H25N5O. The lowest BCUT2D eigenvalue weighted by Crippen LogP contribution is -2.13. The minimum atomic E-state index is 0.309. The molecule has 1 aliphatic rings. The summed E-state index contributed by atoms with van der Waals surface area (Å²) in [5.41, 5.74) is 2.60. The lowest BCUT2D eigenvalue weighted by Gasteiger charge is -2.10. The zero-order chi connectivity index (χ0) is 14.4. The molecule has 0 saturated heterocycles. The van der Waals surface area contributed by atoms with E-state index in [9.17, 15) is 0 Å². The van der Waals surface area contributed by atoms with Gasteiger partial charge in [-0.25, -0.2) is 15.8 Å². The molecule has 0 bridgehead atoms. The van der Waals surface area contributed by atoms with Gasteiger partial charge in [0.15, 0.2) is 0 Å². The second-order valence-corrected chi connectivity index (χ2v) is 5.47. The monoisotopic (exact) mass is 279 g/mol. The van der Waals surface area contributed by atoms with Gasteiger partial charge < -0.3 is 15.5 Å². The summed E-state index contributed by atoms with van der Waals surface area (Å²) in [6.07, 6.45) is 4.78. The molecule has 2 rings (SSSR count). The minimum Gasteiger partial charge on any atom is -0.379 e. The molecule has 6 nitrogen and oxygen atoms in total. The third-order valence-corrected chi connectivity index (χ3v) is 3.16. The molecule has 1 aromatic rings. The van der Waals surface area contributed by atoms with E-state index in [0.717, 1.165) is 37.6 Å². The highest BCUT2D eigenvalue weighted by molar-refractivity contribution is 5.47. The second kappa shape index (κ2) is 7.40. The number of nitrogens with two attached hydrogens (primary N) is 1. The maximum absolute atomic E-state index is 5.51. The van der Waals surface area contributed by atoms with Crippen LogP contribution in [-0.2, 0) is 4.74 Å². The number of anilines is 2. The largest absolute Gasteiger partial charge is 0.379 e. The summed E-state index contributed by atoms with van der Waals surface area (Å²) in [7, 11) is 0. The second-order valence-electron chi connectivity index (χ2n) is 5.47. The molecule has 0 aliphatic heterocycles. The molecule has 0 spiro atoms. The van der Waals surface area contributed by atoms with E-state index in [2.05, 4.69) is 34.6 Å². The van der Waals surface area contributed by atoms with Crippen LogP contribution in [0.2, 0.25) is 0 Å². The van der Waals surface area contributed by atoms with Crippen molar-refractivity contribution in [1.82, 2.24) is 9.97 Å². The van der Waals surface area contributed by atoms with Crippen LogP contribution in [0.4, 0.5) is 11.6 Å². The number of nitrogens with zero attached hydrogens (tertiary/aromatic N) is 2. The van der Waals surface area contributed by atoms with Crippen LogP contribution in [0.5, 0.6) is 0 Å². The minimum absolute atomic E-state index is 0.309. The van der Waals surface area contributed by atoms with Gasteiger partial charge in [0.25, 0.3) is 0 Å². The predicted octanol–water partition coefficient (Wildman–Crippen LogP) is 2.26. The molecule has 6 heteroatoms. The van der Waals surface area contributed by atoms with Gasteiger partial charge in [-0.1, -0.05) is 0 Å². The first-order chi connectivity index (χ1) is 9.69. The van der Waals surface area contributed by atoms with Crippen LogP contribution in [0.1, 0.15) is 51.3 Å². The van der Waals surface area contributed by atoms with Gasteiger partial charge in [-0.2, -0.15) is 0 Å². The predicted molar refractivity (Wildman–Crippen MR) is 80.6 cm³/mol. The highest BCUT2D eigenvalue weighted by atomic mass is 16.5. The zero-order valence-corrected chi connectivity index (χ0v) is 12.4. The van der Waals surface area contributed by atoms with E-state index in [0.29, 0.717) is 17.8 Å². The number of aromatic nitrogens is 2. The quantitative estimate of drug-likeness (QED) is 0.365. The number of hydrogen-bond donors (Lipinski definition) is 3. The van der Waals surface area contributed by atoms with Gasteiger partial charge in [-0.15, -0.1) is 0 Å². The van der Waals surface area contributed by atoms with Crippen molar-refractivity contribution in [3.63, 3.8) is 0 Å². The summed E-state index contributed by atoms with van der Waals surface area (Å²) in [6, 6.07) is 1.84. The van der Waals surface area contributed by atoms with Gasteiger partial charge in [-0.05, 0) is 39.5 Å². The number of rotatable bonds is 9. The van der Waals surface area contributed by atoms with Crippen molar-refractivity contribution < 1.29 is 4.74 Å². The SMILES string of the molecule is CC(C)OCCCCNc1cc(NN)nc(C2CC2)n1. The first-order valence-electron chi connectivity index (χ1n) is 7.40. The summed E-state index contributed by atoms with van der Waals surface area (Å²) in [5.74, 6) is 8.38. The lowest BCUT2D eigenvalue weighted by atomic mass is 10.3. The number of nitrogen functional groups attached to an aromatic ring is 1. The van der Waals surface area contributed by atoms with Crippen LogP contribution >= 0.6 is 0 Å². The third-order valence-electron chi connectivity index (χ3n) is 3.16. The van der Waals surface area contributed by atoms with Gasteiger partial charge >= 0.3 is 0 Å². The van der Waals surface area contributed by atoms with Crippen LogP contribution < -0.4 is 16.6 Å². The van der Waals surface area contributed by atoms with Crippen LogP contribution in [0.3, 0.4) is 0 Å². The van der Waals surface area contributed by atoms with Crippen molar-refractivity contribution >= 4 is 11.6 Å². The summed E-state index contributed by atoms with van der Waals surface area (Å²) in [4.78, 5) is 8.92. The smallest absolute Gasteiger partial charge is 0.145 e. The Kier molecular flexibility index (Phi) is 5.55. The van der Waals surface area contributed by atoms with Crippen molar-refractivity contribution in [2.75, 3.05) is 23.9 Å². The van der Waals surface area contributed by atoms with E-state index in [1.807, 2.05) is 6.07 Å². The van der Waals surface area contributed by atoms with Gasteiger partial charge in [0.1, 0.15) is 17.5 Å². The van der Waals surface area contributed by atoms with Gasteiger partial charge in [0.05, 0.1) is 6.10 Å². The van der Waals surface area contributed by atoms with Crippen molar-refractivity contribution in [2.24, 2.45) is 5.84 Å². The van der Waals surface area contributed by atoms with Gasteiger partial charge in [-0.3, -0.25) is 0 Å². The molecule has 0 radical (unpaired) electrons. The first kappa shape index (κ1) is 15.0. The summed E-state index contributed by atoms with van der Waals surface area (Å²) < 4.78 is 5.51. The Bertz CT molecular complexity index is 420. The van der Waals surface area contributed by atoms with Gasteiger partial charge in [0, 0.05) is 25.1 Å². The van der Waals surface area contributed by atoms with E-state index in [-0.39, 0.29) is 0 Å². The van der Waals surface area contributed by atoms with Crippen molar-refractivity contribution in [2.45, 2.75) is 51.6 Å². The standard InChI is InChI=1S/C14H25N5O/c1-10(2)20-8-4-3-7-16-12-9-13(19-15)18-14(17-12)11-5-6-11/h9-11H,3-8,15H2,1-2H3,(H2,16,17,18,19). The molecule has 0 unspecified atom stereocenters. The topological polar surface area (TPSA) is 85.1 Å². The van der Waals surface area contributed by atoms with Crippen LogP contribution in [0.15, 0.2) is 6.07 Å². The summed E-state index contributed by atoms with van der Waals surface area (Å²) in [5, 5.41) is 3.33. The Morgan fingerprint density at radius 2 is 2.05 bits per heavy atom. The summed E-state index contributed by atoms with van der Waals surface area (Å²) >= 11 is 0. The van der Waals surface area contributed by atoms with Crippen molar-refractivity contribution in [3.8, 4) is 0 Å². The van der Waals surface area contributed by atoms with Crippen LogP contribution in [0, 0.1) is 0 Å². The summed E-state index contributed by atoms with van der Waals surface area (Å²) in [6.45, 7) is 5.80. The zero-order valence-electron chi connectivity index (χ0n) is 12.4. The number of unbranched alkanes of at least 4 members (excludes halogenated alkanes) is 1. The molecule has 1 aromatic heterocycles. The van der Waals surface area contributed by atoms with E-state index in [4.69, 9.17) is 10.6 Å². The van der Waals surface area contributed by atoms with E-state index in [1.54, 1.807) is 0 Å². The average molecular weight is 279 g/mol. The molecule has 112 valence electrons. The van der Waals surface area contributed by atoms with Crippen LogP contribution in [0.25, 0.3) is 0 Å². The highest BCUT2D eigenvalue weighted by Gasteiger charge is 2.27. The molecule has 1 heterocycles. The molecule has 1 aliphatic carbocycles. The fourth-order valence-corrected chi connectivity index (χ4v) is 1.92. The van der Waals surface area contributed by atoms with E-state index < -0.39 is 0 Å². The lowest BCUT2D eigenvalue weighted by molar-refractivity contribution is 0.0765. The van der Waals surface area contributed by atoms with Crippen molar-refractivity contribution in [1.29, 1.82) is 0 Å². The Balaban J connectivity index is 1.75. The Labute approximate surface area is 120 Å². The average Bonchev–Trinajstić information content (AvgIpc) is 3.26. The van der Waals surface area contributed by atoms with Crippen molar-refractivity contribution in [3.05, 3.63) is 11.9 Å². The molecule has 1 saturated carbocycles. The molecule has 0 amide bonds. The fraction of sp³-hybridized carbons (Fsp3) is 0.714. The normalized spacial score (nSPS) is 14.6. The third kappa shape index (κ3) is 4.94. The molecule has 0 atom stereocenters. The maximum atomic E-state index is 5.51. The molecule has 1 fully saturated rings. The van der Waals surface area contributed by atoms with Crippen LogP contribution in [-0.4, -0.2) is 29.2 Å². The highest BCUT2D eigenvalue weighted by Crippen LogP contribution is 2.38. The number of hydrogen-bond acceptors (Lipinski definition) is 6. The van der Waals surface area contributed by atoms with E-state index >= 15 is 0 Å². The Hall–Kier alpha value is -1.40. The fourth-order valence-electron chi connectivity index (χ4n) is 1.92. The molecular weight excluding hydrogens is 254 g/mol. The number of hydrazine groups is 1. The number of nitrogens with one attached hydrogen (secondary N) is 2. The number of ether oxygens (including phenoxy) is 1. The molecule has 0 aromatic carbocycles. The van der Waals surface area contributed by atoms with E-state index in [1.165, 1.54) is 12.8 Å². The maximum Gasteiger partial charge on any atom is 0.145 e. The molecule has 20 heavy (non-hydrogen) atoms. The first-order valence-corrected chi connectivity index (χ1v) is 7.40. The Morgan fingerprint density at radius 1 is 1.30 bits per heavy atom. The Morgan fingerprint density at radius 3 is 2.70 bits per heavy atom. The van der Waals surface area contributed by atoms with Gasteiger partial charge in [0.2, 0.25) is 0 Å².